The van der Waals surface area contributed by atoms with E-state index in [-0.39, 0.29) is 25.3 Å². The van der Waals surface area contributed by atoms with Gasteiger partial charge in [-0.15, -0.1) is 23.5 Å². The average Bonchev–Trinajstić information content (AvgIpc) is 2.56. The second kappa shape index (κ2) is 12.8. The Morgan fingerprint density at radius 1 is 0.864 bits per heavy atom. The van der Waals surface area contributed by atoms with E-state index in [4.69, 9.17) is 24.4 Å². The molecular formula is C14H28N2O2S4. The van der Waals surface area contributed by atoms with E-state index in [2.05, 4.69) is 9.80 Å². The first-order valence-corrected chi connectivity index (χ1v) is 10.7. The van der Waals surface area contributed by atoms with Crippen LogP contribution in [0.1, 0.15) is 26.7 Å². The summed E-state index contributed by atoms with van der Waals surface area (Å²) in [6.07, 6.45) is 5.57. The molecule has 0 saturated carbocycles. The fourth-order valence-electron chi connectivity index (χ4n) is 2.19. The third-order valence-electron chi connectivity index (χ3n) is 3.65. The van der Waals surface area contributed by atoms with Crippen molar-refractivity contribution in [3.8, 4) is 0 Å². The number of thiocarbonyl (C=S) groups is 2. The van der Waals surface area contributed by atoms with Crippen molar-refractivity contribution < 1.29 is 10.2 Å². The van der Waals surface area contributed by atoms with Crippen LogP contribution in [0.2, 0.25) is 0 Å². The van der Waals surface area contributed by atoms with Gasteiger partial charge in [0.2, 0.25) is 0 Å². The summed E-state index contributed by atoms with van der Waals surface area (Å²) >= 11 is 13.9. The predicted molar refractivity (Wildman–Crippen MR) is 108 cm³/mol. The highest BCUT2D eigenvalue weighted by atomic mass is 32.2. The van der Waals surface area contributed by atoms with Gasteiger partial charge in [0.15, 0.2) is 0 Å². The summed E-state index contributed by atoms with van der Waals surface area (Å²) in [5.41, 5.74) is 0. The van der Waals surface area contributed by atoms with Crippen LogP contribution >= 0.6 is 48.0 Å². The smallest absolute Gasteiger partial charge is 0.136 e. The Balaban J connectivity index is 5.02. The minimum absolute atomic E-state index is 0.0267. The summed E-state index contributed by atoms with van der Waals surface area (Å²) in [6.45, 7) is 5.64. The summed E-state index contributed by atoms with van der Waals surface area (Å²) in [4.78, 5) is 4.14. The van der Waals surface area contributed by atoms with E-state index in [1.807, 2.05) is 26.4 Å². The Bertz CT molecular complexity index is 305. The lowest BCUT2D eigenvalue weighted by atomic mass is 10.2. The maximum absolute atomic E-state index is 9.57. The van der Waals surface area contributed by atoms with Crippen molar-refractivity contribution in [2.24, 2.45) is 0 Å². The van der Waals surface area contributed by atoms with Gasteiger partial charge in [-0.1, -0.05) is 38.3 Å². The number of aliphatic hydroxyl groups is 2. The van der Waals surface area contributed by atoms with Gasteiger partial charge in [-0.05, 0) is 25.4 Å². The first-order chi connectivity index (χ1) is 10.5. The largest absolute Gasteiger partial charge is 0.394 e. The molecule has 8 heteroatoms. The van der Waals surface area contributed by atoms with Gasteiger partial charge >= 0.3 is 0 Å². The van der Waals surface area contributed by atoms with E-state index in [1.165, 1.54) is 23.5 Å². The molecule has 0 amide bonds. The maximum atomic E-state index is 9.57. The molecular weight excluding hydrogens is 356 g/mol. The molecule has 0 aliphatic rings. The third-order valence-corrected chi connectivity index (χ3v) is 6.28. The molecule has 0 aliphatic heterocycles. The van der Waals surface area contributed by atoms with Gasteiger partial charge in [0.25, 0.3) is 0 Å². The Hall–Kier alpha value is 0.400. The Labute approximate surface area is 154 Å². The lowest BCUT2D eigenvalue weighted by Crippen LogP contribution is -2.48. The van der Waals surface area contributed by atoms with Crippen LogP contribution in [0.3, 0.4) is 0 Å². The zero-order valence-corrected chi connectivity index (χ0v) is 17.1. The topological polar surface area (TPSA) is 46.9 Å². The average molecular weight is 385 g/mol. The first-order valence-electron chi connectivity index (χ1n) is 7.41. The number of rotatable bonds is 9. The second-order valence-corrected chi connectivity index (χ2v) is 7.70. The van der Waals surface area contributed by atoms with Crippen LogP contribution in [0.25, 0.3) is 0 Å². The molecule has 0 aliphatic carbocycles. The molecule has 130 valence electrons. The molecule has 2 N–H and O–H groups in total. The summed E-state index contributed by atoms with van der Waals surface area (Å²) in [6, 6.07) is 0.0534. The van der Waals surface area contributed by atoms with Gasteiger partial charge in [-0.3, -0.25) is 0 Å². The lowest BCUT2D eigenvalue weighted by Gasteiger charge is -2.36. The van der Waals surface area contributed by atoms with Crippen molar-refractivity contribution >= 4 is 56.6 Å². The van der Waals surface area contributed by atoms with Crippen LogP contribution in [-0.4, -0.2) is 79.6 Å². The molecule has 0 aromatic rings. The normalized spacial score (nSPS) is 13.5. The standard InChI is InChI=1S/C14H28N2O2S4/c1-5-11(9-17)15(13(19)21-3)7-8-16(14(20)22-4)12(6-2)10-18/h11-12,17-18H,5-10H2,1-4H3. The van der Waals surface area contributed by atoms with Crippen molar-refractivity contribution in [1.82, 2.24) is 9.80 Å². The quantitative estimate of drug-likeness (QED) is 0.588. The molecule has 0 radical (unpaired) electrons. The van der Waals surface area contributed by atoms with Gasteiger partial charge in [0.1, 0.15) is 8.64 Å². The monoisotopic (exact) mass is 384 g/mol. The van der Waals surface area contributed by atoms with Crippen molar-refractivity contribution in [3.05, 3.63) is 0 Å². The highest BCUT2D eigenvalue weighted by Gasteiger charge is 2.23. The van der Waals surface area contributed by atoms with E-state index in [1.54, 1.807) is 0 Å². The molecule has 0 heterocycles. The summed E-state index contributed by atoms with van der Waals surface area (Å²) < 4.78 is 1.57. The van der Waals surface area contributed by atoms with Crippen molar-refractivity contribution in [2.45, 2.75) is 38.8 Å². The Kier molecular flexibility index (Phi) is 13.0. The molecule has 4 nitrogen and oxygen atoms in total. The summed E-state index contributed by atoms with van der Waals surface area (Å²) in [5.74, 6) is 0. The van der Waals surface area contributed by atoms with E-state index in [9.17, 15) is 10.2 Å². The summed E-state index contributed by atoms with van der Waals surface area (Å²) in [7, 11) is 0. The number of nitrogens with zero attached hydrogens (tertiary/aromatic N) is 2. The minimum atomic E-state index is 0.0267. The Morgan fingerprint density at radius 3 is 1.36 bits per heavy atom. The van der Waals surface area contributed by atoms with E-state index in [0.29, 0.717) is 13.1 Å². The number of thioether (sulfide) groups is 2. The molecule has 2 atom stereocenters. The van der Waals surface area contributed by atoms with Crippen molar-refractivity contribution in [3.63, 3.8) is 0 Å². The van der Waals surface area contributed by atoms with Crippen molar-refractivity contribution in [2.75, 3.05) is 38.8 Å². The van der Waals surface area contributed by atoms with Crippen LogP contribution in [0.5, 0.6) is 0 Å². The van der Waals surface area contributed by atoms with Crippen LogP contribution in [-0.2, 0) is 0 Å². The number of aliphatic hydroxyl groups excluding tert-OH is 2. The molecule has 0 rings (SSSR count). The van der Waals surface area contributed by atoms with Gasteiger partial charge in [-0.2, -0.15) is 0 Å². The predicted octanol–water partition coefficient (Wildman–Crippen LogP) is 2.43. The fourth-order valence-corrected chi connectivity index (χ4v) is 3.62. The minimum Gasteiger partial charge on any atom is -0.394 e. The van der Waals surface area contributed by atoms with E-state index in [0.717, 1.165) is 21.5 Å². The SMILES string of the molecule is CCC(CO)N(CCN(C(=S)SC)C(CC)CO)C(=S)SC. The zero-order valence-electron chi connectivity index (χ0n) is 13.8. The third kappa shape index (κ3) is 6.88. The molecule has 0 saturated heterocycles. The van der Waals surface area contributed by atoms with Crippen molar-refractivity contribution in [1.29, 1.82) is 0 Å². The molecule has 0 aromatic heterocycles. The lowest BCUT2D eigenvalue weighted by molar-refractivity contribution is 0.149. The first kappa shape index (κ1) is 22.4. The van der Waals surface area contributed by atoms with Crippen LogP contribution < -0.4 is 0 Å². The number of hydrogen-bond acceptors (Lipinski definition) is 6. The second-order valence-electron chi connectivity index (χ2n) is 4.82. The molecule has 0 aromatic carbocycles. The zero-order chi connectivity index (χ0) is 17.1. The molecule has 2 unspecified atom stereocenters. The maximum Gasteiger partial charge on any atom is 0.136 e. The van der Waals surface area contributed by atoms with Crippen LogP contribution in [0.4, 0.5) is 0 Å². The molecule has 22 heavy (non-hydrogen) atoms. The fraction of sp³-hybridized carbons (Fsp3) is 0.857. The van der Waals surface area contributed by atoms with Gasteiger partial charge in [0.05, 0.1) is 25.3 Å². The van der Waals surface area contributed by atoms with Gasteiger partial charge in [0, 0.05) is 13.1 Å². The van der Waals surface area contributed by atoms with E-state index < -0.39 is 0 Å². The Morgan fingerprint density at radius 2 is 1.18 bits per heavy atom. The molecule has 0 spiro atoms. The highest BCUT2D eigenvalue weighted by Crippen LogP contribution is 2.16. The molecule has 0 bridgehead atoms. The summed E-state index contributed by atoms with van der Waals surface area (Å²) in [5, 5.41) is 19.1. The van der Waals surface area contributed by atoms with Crippen LogP contribution in [0.15, 0.2) is 0 Å². The van der Waals surface area contributed by atoms with Crippen LogP contribution in [0, 0.1) is 0 Å². The number of hydrogen-bond donors (Lipinski definition) is 2. The molecule has 0 fully saturated rings. The highest BCUT2D eigenvalue weighted by molar-refractivity contribution is 8.22. The van der Waals surface area contributed by atoms with E-state index >= 15 is 0 Å². The van der Waals surface area contributed by atoms with Gasteiger partial charge < -0.3 is 20.0 Å². The van der Waals surface area contributed by atoms with Gasteiger partial charge in [-0.25, -0.2) is 0 Å².